The zero-order valence-electron chi connectivity index (χ0n) is 10.8. The van der Waals surface area contributed by atoms with Gasteiger partial charge in [-0.25, -0.2) is 4.98 Å². The molecule has 0 saturated heterocycles. The average Bonchev–Trinajstić information content (AvgIpc) is 2.84. The Labute approximate surface area is 110 Å². The molecule has 0 aromatic carbocycles. The van der Waals surface area contributed by atoms with Gasteiger partial charge in [0.15, 0.2) is 0 Å². The normalized spacial score (nSPS) is 10.8. The van der Waals surface area contributed by atoms with Crippen LogP contribution in [-0.4, -0.2) is 24.6 Å². The van der Waals surface area contributed by atoms with Gasteiger partial charge < -0.3 is 5.32 Å². The Bertz CT molecular complexity index is 718. The number of anilines is 1. The monoisotopic (exact) mass is 254 g/mol. The molecule has 0 radical (unpaired) electrons. The summed E-state index contributed by atoms with van der Waals surface area (Å²) in [6.45, 7) is 4.56. The van der Waals surface area contributed by atoms with E-state index in [9.17, 15) is 0 Å². The van der Waals surface area contributed by atoms with E-state index in [-0.39, 0.29) is 0 Å². The molecule has 0 aliphatic carbocycles. The van der Waals surface area contributed by atoms with Crippen molar-refractivity contribution in [3.63, 3.8) is 0 Å². The van der Waals surface area contributed by atoms with Crippen LogP contribution in [0.25, 0.3) is 5.78 Å². The van der Waals surface area contributed by atoms with Crippen LogP contribution in [0, 0.1) is 13.8 Å². The first-order valence-corrected chi connectivity index (χ1v) is 6.06. The van der Waals surface area contributed by atoms with E-state index in [1.807, 2.05) is 38.1 Å². The molecule has 0 spiro atoms. The molecule has 3 aromatic heterocycles. The van der Waals surface area contributed by atoms with Crippen molar-refractivity contribution < 1.29 is 0 Å². The van der Waals surface area contributed by atoms with Crippen LogP contribution >= 0.6 is 0 Å². The summed E-state index contributed by atoms with van der Waals surface area (Å²) in [4.78, 5) is 12.8. The third-order valence-electron chi connectivity index (χ3n) is 2.78. The van der Waals surface area contributed by atoms with Gasteiger partial charge in [0, 0.05) is 17.5 Å². The molecular formula is C13H14N6. The fourth-order valence-corrected chi connectivity index (χ4v) is 1.94. The number of nitrogens with zero attached hydrogens (tertiary/aromatic N) is 5. The maximum atomic E-state index is 4.45. The lowest BCUT2D eigenvalue weighted by molar-refractivity contribution is 0.906. The zero-order chi connectivity index (χ0) is 13.2. The van der Waals surface area contributed by atoms with Crippen molar-refractivity contribution in [3.05, 3.63) is 47.7 Å². The van der Waals surface area contributed by atoms with Crippen LogP contribution in [-0.2, 0) is 6.54 Å². The number of pyridine rings is 1. The van der Waals surface area contributed by atoms with E-state index < -0.39 is 0 Å². The van der Waals surface area contributed by atoms with Gasteiger partial charge in [0.2, 0.25) is 0 Å². The van der Waals surface area contributed by atoms with Crippen LogP contribution in [0.15, 0.2) is 30.6 Å². The Morgan fingerprint density at radius 1 is 1.16 bits per heavy atom. The van der Waals surface area contributed by atoms with Crippen LogP contribution in [0.4, 0.5) is 5.82 Å². The highest BCUT2D eigenvalue weighted by molar-refractivity contribution is 5.44. The summed E-state index contributed by atoms with van der Waals surface area (Å²) in [5.41, 5.74) is 2.90. The van der Waals surface area contributed by atoms with Crippen molar-refractivity contribution in [2.24, 2.45) is 0 Å². The summed E-state index contributed by atoms with van der Waals surface area (Å²) in [6, 6.07) is 7.92. The minimum atomic E-state index is 0.597. The molecule has 19 heavy (non-hydrogen) atoms. The van der Waals surface area contributed by atoms with Crippen LogP contribution < -0.4 is 5.32 Å². The molecule has 0 aliphatic heterocycles. The molecule has 0 aliphatic rings. The largest absolute Gasteiger partial charge is 0.364 e. The Kier molecular flexibility index (Phi) is 2.83. The summed E-state index contributed by atoms with van der Waals surface area (Å²) in [5, 5.41) is 7.47. The highest BCUT2D eigenvalue weighted by Crippen LogP contribution is 2.11. The van der Waals surface area contributed by atoms with Crippen LogP contribution in [0.1, 0.15) is 17.1 Å². The molecule has 6 heteroatoms. The lowest BCUT2D eigenvalue weighted by Gasteiger charge is -2.08. The molecular weight excluding hydrogens is 240 g/mol. The highest BCUT2D eigenvalue weighted by Gasteiger charge is 2.05. The number of aryl methyl sites for hydroxylation is 2. The number of nitrogens with one attached hydrogen (secondary N) is 1. The topological polar surface area (TPSA) is 68.0 Å². The maximum Gasteiger partial charge on any atom is 0.254 e. The predicted molar refractivity (Wildman–Crippen MR) is 71.8 cm³/mol. The van der Waals surface area contributed by atoms with Gasteiger partial charge in [0.25, 0.3) is 5.78 Å². The van der Waals surface area contributed by atoms with Gasteiger partial charge in [-0.05, 0) is 26.0 Å². The Morgan fingerprint density at radius 3 is 2.89 bits per heavy atom. The van der Waals surface area contributed by atoms with E-state index in [0.29, 0.717) is 12.3 Å². The molecule has 3 heterocycles. The van der Waals surface area contributed by atoms with Gasteiger partial charge in [-0.15, -0.1) is 0 Å². The summed E-state index contributed by atoms with van der Waals surface area (Å²) in [5.74, 6) is 1.46. The fourth-order valence-electron chi connectivity index (χ4n) is 1.94. The third-order valence-corrected chi connectivity index (χ3v) is 2.78. The minimum absolute atomic E-state index is 0.597. The number of fused-ring (bicyclic) bond motifs is 1. The minimum Gasteiger partial charge on any atom is -0.364 e. The number of hydrogen-bond donors (Lipinski definition) is 1. The van der Waals surface area contributed by atoms with E-state index in [0.717, 1.165) is 22.9 Å². The summed E-state index contributed by atoms with van der Waals surface area (Å²) >= 11 is 0. The van der Waals surface area contributed by atoms with Crippen molar-refractivity contribution in [1.82, 2.24) is 24.6 Å². The van der Waals surface area contributed by atoms with Crippen molar-refractivity contribution in [1.29, 1.82) is 0 Å². The molecule has 3 rings (SSSR count). The van der Waals surface area contributed by atoms with Gasteiger partial charge >= 0.3 is 0 Å². The Morgan fingerprint density at radius 2 is 2.05 bits per heavy atom. The van der Waals surface area contributed by atoms with E-state index in [2.05, 4.69) is 25.4 Å². The zero-order valence-corrected chi connectivity index (χ0v) is 10.8. The van der Waals surface area contributed by atoms with Crippen LogP contribution in [0.2, 0.25) is 0 Å². The molecule has 0 bridgehead atoms. The average molecular weight is 254 g/mol. The third kappa shape index (κ3) is 2.37. The van der Waals surface area contributed by atoms with E-state index >= 15 is 0 Å². The SMILES string of the molecule is Cc1cccc(CNc2cc(C)nc3ncnn23)n1. The smallest absolute Gasteiger partial charge is 0.254 e. The van der Waals surface area contributed by atoms with Gasteiger partial charge in [0.1, 0.15) is 12.1 Å². The quantitative estimate of drug-likeness (QED) is 0.771. The predicted octanol–water partition coefficient (Wildman–Crippen LogP) is 1.75. The first kappa shape index (κ1) is 11.6. The van der Waals surface area contributed by atoms with Crippen molar-refractivity contribution in [2.75, 3.05) is 5.32 Å². The summed E-state index contributed by atoms with van der Waals surface area (Å²) < 4.78 is 1.68. The second-order valence-corrected chi connectivity index (χ2v) is 4.38. The van der Waals surface area contributed by atoms with Crippen molar-refractivity contribution in [2.45, 2.75) is 20.4 Å². The van der Waals surface area contributed by atoms with Gasteiger partial charge in [-0.1, -0.05) is 6.07 Å². The van der Waals surface area contributed by atoms with Crippen LogP contribution in [0.5, 0.6) is 0 Å². The highest BCUT2D eigenvalue weighted by atomic mass is 15.3. The molecule has 0 unspecified atom stereocenters. The van der Waals surface area contributed by atoms with Gasteiger partial charge in [-0.3, -0.25) is 4.98 Å². The van der Waals surface area contributed by atoms with Crippen LogP contribution in [0.3, 0.4) is 0 Å². The number of aromatic nitrogens is 5. The van der Waals surface area contributed by atoms with E-state index in [1.54, 1.807) is 4.52 Å². The maximum absolute atomic E-state index is 4.45. The first-order chi connectivity index (χ1) is 9.22. The molecule has 3 aromatic rings. The van der Waals surface area contributed by atoms with Crippen molar-refractivity contribution in [3.8, 4) is 0 Å². The molecule has 0 saturated carbocycles. The molecule has 0 amide bonds. The summed E-state index contributed by atoms with van der Waals surface area (Å²) in [6.07, 6.45) is 1.50. The van der Waals surface area contributed by atoms with Gasteiger partial charge in [0.05, 0.1) is 12.2 Å². The molecule has 0 atom stereocenters. The Balaban J connectivity index is 1.87. The molecule has 0 fully saturated rings. The van der Waals surface area contributed by atoms with E-state index in [4.69, 9.17) is 0 Å². The Hall–Kier alpha value is -2.50. The van der Waals surface area contributed by atoms with Crippen molar-refractivity contribution >= 4 is 11.6 Å². The fraction of sp³-hybridized carbons (Fsp3) is 0.231. The second kappa shape index (κ2) is 4.64. The molecule has 1 N–H and O–H groups in total. The lowest BCUT2D eigenvalue weighted by atomic mass is 10.3. The second-order valence-electron chi connectivity index (χ2n) is 4.38. The standard InChI is InChI=1S/C13H14N6/c1-9-4-3-5-11(17-9)7-14-12-6-10(2)18-13-15-8-16-19(12)13/h3-6,8,14H,7H2,1-2H3. The van der Waals surface area contributed by atoms with Gasteiger partial charge in [-0.2, -0.15) is 14.6 Å². The number of hydrogen-bond acceptors (Lipinski definition) is 5. The molecule has 6 nitrogen and oxygen atoms in total. The first-order valence-electron chi connectivity index (χ1n) is 6.06. The number of rotatable bonds is 3. The lowest BCUT2D eigenvalue weighted by Crippen LogP contribution is -2.08. The summed E-state index contributed by atoms with van der Waals surface area (Å²) in [7, 11) is 0. The van der Waals surface area contributed by atoms with E-state index in [1.165, 1.54) is 6.33 Å². The molecule has 96 valence electrons.